The van der Waals surface area contributed by atoms with Crippen LogP contribution in [-0.4, -0.2) is 22.5 Å². The molecule has 0 aliphatic rings. The van der Waals surface area contributed by atoms with E-state index in [1.165, 1.54) is 9.35 Å². The van der Waals surface area contributed by atoms with Crippen LogP contribution in [0.4, 0.5) is 0 Å². The zero-order valence-corrected chi connectivity index (χ0v) is 12.1. The van der Waals surface area contributed by atoms with Gasteiger partial charge in [0.1, 0.15) is 0 Å². The van der Waals surface area contributed by atoms with E-state index in [0.717, 1.165) is 6.54 Å². The molecule has 1 aromatic rings. The first-order valence-corrected chi connectivity index (χ1v) is 6.83. The van der Waals surface area contributed by atoms with Crippen molar-refractivity contribution in [3.05, 3.63) is 20.8 Å². The fourth-order valence-electron chi connectivity index (χ4n) is 1.24. The summed E-state index contributed by atoms with van der Waals surface area (Å²) >= 11 is 10.2. The van der Waals surface area contributed by atoms with Gasteiger partial charge in [0.15, 0.2) is 0 Å². The van der Waals surface area contributed by atoms with E-state index in [9.17, 15) is 0 Å². The summed E-state index contributed by atoms with van der Waals surface area (Å²) in [6, 6.07) is 2.51. The van der Waals surface area contributed by atoms with Gasteiger partial charge < -0.3 is 5.73 Å². The Hall–Kier alpha value is 0.0300. The molecule has 0 bridgehead atoms. The van der Waals surface area contributed by atoms with Crippen molar-refractivity contribution in [1.82, 2.24) is 4.90 Å². The topological polar surface area (TPSA) is 29.3 Å². The molecule has 0 saturated carbocycles. The van der Waals surface area contributed by atoms with Gasteiger partial charge in [-0.3, -0.25) is 4.90 Å². The normalized spacial score (nSPS) is 11.3. The molecule has 0 unspecified atom stereocenters. The average molecular weight is 307 g/mol. The summed E-state index contributed by atoms with van der Waals surface area (Å²) in [7, 11) is 0. The second-order valence-corrected chi connectivity index (χ2v) is 6.04. The summed E-state index contributed by atoms with van der Waals surface area (Å²) in [6.45, 7) is 5.88. The lowest BCUT2D eigenvalue weighted by Gasteiger charge is -2.25. The van der Waals surface area contributed by atoms with E-state index in [1.54, 1.807) is 11.3 Å². The van der Waals surface area contributed by atoms with E-state index in [-0.39, 0.29) is 0 Å². The number of halogens is 1. The van der Waals surface area contributed by atoms with Crippen LogP contribution in [0.3, 0.4) is 0 Å². The highest BCUT2D eigenvalue weighted by atomic mass is 79.9. The Balaban J connectivity index is 2.67. The molecule has 0 fully saturated rings. The number of hydrogen-bond donors (Lipinski definition) is 1. The molecule has 0 spiro atoms. The molecule has 0 atom stereocenters. The minimum atomic E-state index is 0.445. The van der Waals surface area contributed by atoms with E-state index in [1.807, 2.05) is 0 Å². The first-order valence-electron chi connectivity index (χ1n) is 4.75. The molecule has 0 saturated heterocycles. The highest BCUT2D eigenvalue weighted by Gasteiger charge is 2.13. The minimum absolute atomic E-state index is 0.445. The predicted molar refractivity (Wildman–Crippen MR) is 74.4 cm³/mol. The van der Waals surface area contributed by atoms with E-state index >= 15 is 0 Å². The molecule has 0 aliphatic heterocycles. The van der Waals surface area contributed by atoms with Gasteiger partial charge in [-0.05, 0) is 41.2 Å². The van der Waals surface area contributed by atoms with Gasteiger partial charge in [0, 0.05) is 28.5 Å². The Labute approximate surface area is 109 Å². The fraction of sp³-hybridized carbons (Fsp3) is 0.500. The number of hydrogen-bond acceptors (Lipinski definition) is 3. The maximum Gasteiger partial charge on any atom is 0.0870 e. The SMILES string of the molecule is CC(C)N(CC(N)=S)Cc1sccc1Br. The van der Waals surface area contributed by atoms with Gasteiger partial charge >= 0.3 is 0 Å². The molecule has 1 heterocycles. The molecule has 0 radical (unpaired) electrons. The van der Waals surface area contributed by atoms with Crippen molar-refractivity contribution in [1.29, 1.82) is 0 Å². The second kappa shape index (κ2) is 5.94. The monoisotopic (exact) mass is 306 g/mol. The van der Waals surface area contributed by atoms with Crippen molar-refractivity contribution in [3.63, 3.8) is 0 Å². The lowest BCUT2D eigenvalue weighted by Crippen LogP contribution is -2.37. The predicted octanol–water partition coefficient (Wildman–Crippen LogP) is 3.01. The van der Waals surface area contributed by atoms with E-state index in [4.69, 9.17) is 18.0 Å². The summed E-state index contributed by atoms with van der Waals surface area (Å²) in [5.41, 5.74) is 5.58. The summed E-state index contributed by atoms with van der Waals surface area (Å²) in [5, 5.41) is 2.08. The van der Waals surface area contributed by atoms with Crippen LogP contribution in [0.15, 0.2) is 15.9 Å². The third kappa shape index (κ3) is 4.18. The molecule has 2 nitrogen and oxygen atoms in total. The molecule has 15 heavy (non-hydrogen) atoms. The van der Waals surface area contributed by atoms with Crippen molar-refractivity contribution in [2.75, 3.05) is 6.54 Å². The van der Waals surface area contributed by atoms with Crippen LogP contribution in [0.2, 0.25) is 0 Å². The third-order valence-electron chi connectivity index (χ3n) is 2.13. The first-order chi connectivity index (χ1) is 7.00. The minimum Gasteiger partial charge on any atom is -0.392 e. The van der Waals surface area contributed by atoms with E-state index < -0.39 is 0 Å². The van der Waals surface area contributed by atoms with Gasteiger partial charge in [-0.15, -0.1) is 11.3 Å². The van der Waals surface area contributed by atoms with E-state index in [2.05, 4.69) is 46.1 Å². The maximum atomic E-state index is 5.58. The van der Waals surface area contributed by atoms with Gasteiger partial charge in [-0.2, -0.15) is 0 Å². The Kier molecular flexibility index (Phi) is 5.18. The Morgan fingerprint density at radius 2 is 2.33 bits per heavy atom. The van der Waals surface area contributed by atoms with Crippen LogP contribution in [-0.2, 0) is 6.54 Å². The molecule has 0 aromatic carbocycles. The zero-order valence-electron chi connectivity index (χ0n) is 8.87. The van der Waals surface area contributed by atoms with Gasteiger partial charge in [0.2, 0.25) is 0 Å². The number of thiophene rings is 1. The summed E-state index contributed by atoms with van der Waals surface area (Å²) in [4.78, 5) is 4.13. The van der Waals surface area contributed by atoms with E-state index in [0.29, 0.717) is 17.6 Å². The summed E-state index contributed by atoms with van der Waals surface area (Å²) < 4.78 is 1.17. The number of nitrogens with zero attached hydrogens (tertiary/aromatic N) is 1. The molecular weight excluding hydrogens is 292 g/mol. The van der Waals surface area contributed by atoms with Crippen LogP contribution in [0, 0.1) is 0 Å². The van der Waals surface area contributed by atoms with Gasteiger partial charge in [-0.25, -0.2) is 0 Å². The molecule has 5 heteroatoms. The number of nitrogens with two attached hydrogens (primary N) is 1. The largest absolute Gasteiger partial charge is 0.392 e. The fourth-order valence-corrected chi connectivity index (χ4v) is 2.91. The third-order valence-corrected chi connectivity index (χ3v) is 4.17. The van der Waals surface area contributed by atoms with Crippen molar-refractivity contribution >= 4 is 44.5 Å². The lowest BCUT2D eigenvalue weighted by molar-refractivity contribution is 0.247. The van der Waals surface area contributed by atoms with Crippen molar-refractivity contribution < 1.29 is 0 Å². The molecule has 1 rings (SSSR count). The number of rotatable bonds is 5. The highest BCUT2D eigenvalue weighted by molar-refractivity contribution is 9.10. The summed E-state index contributed by atoms with van der Waals surface area (Å²) in [5.74, 6) is 0. The van der Waals surface area contributed by atoms with Gasteiger partial charge in [0.25, 0.3) is 0 Å². The van der Waals surface area contributed by atoms with Crippen LogP contribution in [0.1, 0.15) is 18.7 Å². The molecule has 84 valence electrons. The van der Waals surface area contributed by atoms with Crippen molar-refractivity contribution in [2.45, 2.75) is 26.4 Å². The number of thiocarbonyl (C=S) groups is 1. The Bertz CT molecular complexity index is 336. The molecular formula is C10H15BrN2S2. The van der Waals surface area contributed by atoms with Crippen LogP contribution in [0.25, 0.3) is 0 Å². The van der Waals surface area contributed by atoms with Crippen LogP contribution < -0.4 is 5.73 Å². The quantitative estimate of drug-likeness (QED) is 0.848. The molecule has 1 aromatic heterocycles. The standard InChI is InChI=1S/C10H15BrN2S2/c1-7(2)13(6-10(12)14)5-9-8(11)3-4-15-9/h3-4,7H,5-6H2,1-2H3,(H2,12,14). The van der Waals surface area contributed by atoms with Crippen molar-refractivity contribution in [3.8, 4) is 0 Å². The van der Waals surface area contributed by atoms with Crippen molar-refractivity contribution in [2.24, 2.45) is 5.73 Å². The zero-order chi connectivity index (χ0) is 11.4. The van der Waals surface area contributed by atoms with Crippen LogP contribution >= 0.6 is 39.5 Å². The summed E-state index contributed by atoms with van der Waals surface area (Å²) in [6.07, 6.45) is 0. The molecule has 2 N–H and O–H groups in total. The Morgan fingerprint density at radius 3 is 2.73 bits per heavy atom. The van der Waals surface area contributed by atoms with Gasteiger partial charge in [0.05, 0.1) is 4.99 Å². The average Bonchev–Trinajstić information content (AvgIpc) is 2.50. The van der Waals surface area contributed by atoms with Gasteiger partial charge in [-0.1, -0.05) is 12.2 Å². The van der Waals surface area contributed by atoms with Crippen LogP contribution in [0.5, 0.6) is 0 Å². The molecule has 0 aliphatic carbocycles. The lowest BCUT2D eigenvalue weighted by atomic mass is 10.3. The highest BCUT2D eigenvalue weighted by Crippen LogP contribution is 2.24. The first kappa shape index (κ1) is 13.1. The Morgan fingerprint density at radius 1 is 1.67 bits per heavy atom. The smallest absolute Gasteiger partial charge is 0.0870 e. The maximum absolute atomic E-state index is 5.58. The second-order valence-electron chi connectivity index (χ2n) is 3.66. The molecule has 0 amide bonds.